The van der Waals surface area contributed by atoms with Crippen molar-refractivity contribution in [1.82, 2.24) is 0 Å². The Morgan fingerprint density at radius 2 is 0.947 bits per heavy atom. The van der Waals surface area contributed by atoms with Gasteiger partial charge in [0.15, 0.2) is 0 Å². The highest BCUT2D eigenvalue weighted by atomic mass is 16.5. The zero-order valence-electron chi connectivity index (χ0n) is 13.2. The summed E-state index contributed by atoms with van der Waals surface area (Å²) < 4.78 is -0.143. The van der Waals surface area contributed by atoms with Crippen LogP contribution in [0.2, 0.25) is 0 Å². The second kappa shape index (κ2) is 12.9. The van der Waals surface area contributed by atoms with Gasteiger partial charge in [-0.15, -0.1) is 0 Å². The Kier molecular flexibility index (Phi) is 12.8. The first-order valence-corrected chi connectivity index (χ1v) is 8.21. The molecule has 0 rings (SSSR count). The molecule has 0 fully saturated rings. The lowest BCUT2D eigenvalue weighted by molar-refractivity contribution is -0.840. The van der Waals surface area contributed by atoms with E-state index in [0.29, 0.717) is 6.61 Å². The summed E-state index contributed by atoms with van der Waals surface area (Å²) in [7, 11) is 3.45. The summed E-state index contributed by atoms with van der Waals surface area (Å²) in [6.45, 7) is 1.11. The summed E-state index contributed by atoms with van der Waals surface area (Å²) in [4.78, 5) is 0. The fourth-order valence-electron chi connectivity index (χ4n) is 2.37. The van der Waals surface area contributed by atoms with Crippen molar-refractivity contribution < 1.29 is 9.75 Å². The second-order valence-corrected chi connectivity index (χ2v) is 6.26. The van der Waals surface area contributed by atoms with E-state index in [-0.39, 0.29) is 4.65 Å². The number of unbranched alkanes of at least 4 members (excludes halogenated alkanes) is 11. The van der Waals surface area contributed by atoms with Crippen molar-refractivity contribution in [3.63, 3.8) is 0 Å². The molecule has 1 N–H and O–H groups in total. The van der Waals surface area contributed by atoms with E-state index in [0.717, 1.165) is 19.4 Å². The largest absolute Gasteiger partial charge is 0.633 e. The molecule has 19 heavy (non-hydrogen) atoms. The molecule has 0 spiro atoms. The zero-order valence-corrected chi connectivity index (χ0v) is 13.2. The minimum atomic E-state index is -0.143. The van der Waals surface area contributed by atoms with Crippen LogP contribution >= 0.6 is 0 Å². The summed E-state index contributed by atoms with van der Waals surface area (Å²) >= 11 is 0. The number of hydrogen-bond acceptors (Lipinski definition) is 2. The van der Waals surface area contributed by atoms with Gasteiger partial charge in [-0.2, -0.15) is 0 Å². The van der Waals surface area contributed by atoms with Crippen molar-refractivity contribution in [3.05, 3.63) is 5.21 Å². The van der Waals surface area contributed by atoms with Crippen LogP contribution in [-0.4, -0.2) is 37.0 Å². The number of quaternary nitrogens is 1. The van der Waals surface area contributed by atoms with Crippen molar-refractivity contribution in [1.29, 1.82) is 0 Å². The van der Waals surface area contributed by atoms with Gasteiger partial charge >= 0.3 is 0 Å². The van der Waals surface area contributed by atoms with Crippen molar-refractivity contribution in [2.45, 2.75) is 77.0 Å². The molecule has 0 bridgehead atoms. The molecule has 0 aromatic rings. The van der Waals surface area contributed by atoms with Crippen LogP contribution in [0.1, 0.15) is 77.0 Å². The van der Waals surface area contributed by atoms with Gasteiger partial charge in [0.2, 0.25) is 0 Å². The third-order valence-corrected chi connectivity index (χ3v) is 3.60. The number of aliphatic hydroxyl groups is 1. The van der Waals surface area contributed by atoms with Crippen LogP contribution in [0.25, 0.3) is 0 Å². The molecule has 0 atom stereocenters. The molecule has 0 aliphatic carbocycles. The van der Waals surface area contributed by atoms with E-state index in [1.165, 1.54) is 64.2 Å². The van der Waals surface area contributed by atoms with E-state index < -0.39 is 0 Å². The Hall–Kier alpha value is -0.120. The first kappa shape index (κ1) is 18.9. The van der Waals surface area contributed by atoms with E-state index in [2.05, 4.69) is 0 Å². The summed E-state index contributed by atoms with van der Waals surface area (Å²) in [5, 5.41) is 20.0. The fraction of sp³-hybridized carbons (Fsp3) is 1.00. The highest BCUT2D eigenvalue weighted by Crippen LogP contribution is 2.12. The van der Waals surface area contributed by atoms with Crippen LogP contribution in [0.4, 0.5) is 0 Å². The molecule has 0 aliphatic heterocycles. The summed E-state index contributed by atoms with van der Waals surface area (Å²) in [5.41, 5.74) is 0. The molecule has 0 aromatic carbocycles. The molecule has 0 saturated carbocycles. The van der Waals surface area contributed by atoms with Gasteiger partial charge in [-0.05, 0) is 19.3 Å². The van der Waals surface area contributed by atoms with Crippen LogP contribution in [0.5, 0.6) is 0 Å². The Bertz CT molecular complexity index is 178. The van der Waals surface area contributed by atoms with E-state index in [1.54, 1.807) is 14.1 Å². The minimum Gasteiger partial charge on any atom is -0.633 e. The Balaban J connectivity index is 2.99. The number of aliphatic hydroxyl groups excluding tert-OH is 1. The molecule has 3 heteroatoms. The molecule has 0 aliphatic rings. The summed E-state index contributed by atoms with van der Waals surface area (Å²) in [5.74, 6) is 0. The molecule has 0 heterocycles. The van der Waals surface area contributed by atoms with E-state index in [4.69, 9.17) is 5.11 Å². The lowest BCUT2D eigenvalue weighted by Crippen LogP contribution is -2.32. The van der Waals surface area contributed by atoms with Gasteiger partial charge < -0.3 is 15.0 Å². The second-order valence-electron chi connectivity index (χ2n) is 6.26. The molecule has 3 nitrogen and oxygen atoms in total. The lowest BCUT2D eigenvalue weighted by atomic mass is 10.1. The van der Waals surface area contributed by atoms with Crippen LogP contribution in [0.3, 0.4) is 0 Å². The van der Waals surface area contributed by atoms with Gasteiger partial charge in [-0.25, -0.2) is 0 Å². The van der Waals surface area contributed by atoms with Crippen LogP contribution < -0.4 is 0 Å². The van der Waals surface area contributed by atoms with Gasteiger partial charge in [-0.3, -0.25) is 0 Å². The molecular weight excluding hydrogens is 238 g/mol. The zero-order chi connectivity index (χ0) is 14.4. The van der Waals surface area contributed by atoms with Crippen LogP contribution in [0.15, 0.2) is 0 Å². The maximum atomic E-state index is 11.3. The third kappa shape index (κ3) is 17.9. The minimum absolute atomic E-state index is 0.143. The van der Waals surface area contributed by atoms with Crippen LogP contribution in [-0.2, 0) is 0 Å². The number of nitrogens with zero attached hydrogens (tertiary/aromatic N) is 1. The Morgan fingerprint density at radius 3 is 1.26 bits per heavy atom. The molecule has 0 saturated heterocycles. The van der Waals surface area contributed by atoms with Gasteiger partial charge in [0.25, 0.3) is 0 Å². The maximum absolute atomic E-state index is 11.3. The van der Waals surface area contributed by atoms with Crippen molar-refractivity contribution in [2.75, 3.05) is 27.2 Å². The SMILES string of the molecule is C[N+](C)([O-])CCCCCCCCCCCCCCO. The topological polar surface area (TPSA) is 43.3 Å². The quantitative estimate of drug-likeness (QED) is 0.292. The molecular formula is C16H35NO2. The predicted octanol–water partition coefficient (Wildman–Crippen LogP) is 4.23. The van der Waals surface area contributed by atoms with Crippen molar-refractivity contribution in [3.8, 4) is 0 Å². The number of hydrogen-bond donors (Lipinski definition) is 1. The first-order valence-electron chi connectivity index (χ1n) is 8.21. The van der Waals surface area contributed by atoms with E-state index in [1.807, 2.05) is 0 Å². The summed E-state index contributed by atoms with van der Waals surface area (Å²) in [6, 6.07) is 0. The number of hydroxylamine groups is 3. The number of rotatable bonds is 14. The molecule has 0 radical (unpaired) electrons. The van der Waals surface area contributed by atoms with Crippen molar-refractivity contribution in [2.24, 2.45) is 0 Å². The highest BCUT2D eigenvalue weighted by molar-refractivity contribution is 4.49. The first-order chi connectivity index (χ1) is 9.06. The summed E-state index contributed by atoms with van der Waals surface area (Å²) in [6.07, 6.45) is 15.1. The third-order valence-electron chi connectivity index (χ3n) is 3.60. The van der Waals surface area contributed by atoms with E-state index >= 15 is 0 Å². The van der Waals surface area contributed by atoms with Gasteiger partial charge in [0.05, 0.1) is 20.6 Å². The normalized spacial score (nSPS) is 12.0. The van der Waals surface area contributed by atoms with Gasteiger partial charge in [0, 0.05) is 6.61 Å². The van der Waals surface area contributed by atoms with Crippen molar-refractivity contribution >= 4 is 0 Å². The molecule has 116 valence electrons. The standard InChI is InChI=1S/C16H35NO2/c1-17(2,19)15-13-11-9-7-5-3-4-6-8-10-12-14-16-18/h18H,3-16H2,1-2H3. The van der Waals surface area contributed by atoms with Gasteiger partial charge in [-0.1, -0.05) is 57.8 Å². The average Bonchev–Trinajstić information content (AvgIpc) is 2.34. The predicted molar refractivity (Wildman–Crippen MR) is 82.8 cm³/mol. The highest BCUT2D eigenvalue weighted by Gasteiger charge is 2.00. The van der Waals surface area contributed by atoms with Gasteiger partial charge in [0.1, 0.15) is 0 Å². The molecule has 0 unspecified atom stereocenters. The smallest absolute Gasteiger partial charge is 0.0779 e. The monoisotopic (exact) mass is 273 g/mol. The lowest BCUT2D eigenvalue weighted by Gasteiger charge is -2.33. The Labute approximate surface area is 120 Å². The van der Waals surface area contributed by atoms with E-state index in [9.17, 15) is 5.21 Å². The van der Waals surface area contributed by atoms with Crippen LogP contribution in [0, 0.1) is 5.21 Å². The molecule has 0 amide bonds. The molecule has 0 aromatic heterocycles. The Morgan fingerprint density at radius 1 is 0.632 bits per heavy atom. The maximum Gasteiger partial charge on any atom is 0.0779 e. The average molecular weight is 273 g/mol. The fourth-order valence-corrected chi connectivity index (χ4v) is 2.37.